The van der Waals surface area contributed by atoms with Gasteiger partial charge in [0, 0.05) is 24.5 Å². The van der Waals surface area contributed by atoms with E-state index >= 15 is 0 Å². The van der Waals surface area contributed by atoms with Crippen molar-refractivity contribution in [3.8, 4) is 0 Å². The summed E-state index contributed by atoms with van der Waals surface area (Å²) in [7, 11) is 0. The summed E-state index contributed by atoms with van der Waals surface area (Å²) in [5.41, 5.74) is -0.751. The number of halogens is 3. The zero-order valence-corrected chi connectivity index (χ0v) is 14.5. The molecule has 1 aromatic heterocycles. The van der Waals surface area contributed by atoms with Gasteiger partial charge in [-0.15, -0.1) is 12.4 Å². The second-order valence-corrected chi connectivity index (χ2v) is 5.94. The summed E-state index contributed by atoms with van der Waals surface area (Å²) in [5, 5.41) is 10.3. The summed E-state index contributed by atoms with van der Waals surface area (Å²) in [6.07, 6.45) is 4.77. The molecule has 0 bridgehead atoms. The molecule has 0 atom stereocenters. The van der Waals surface area contributed by atoms with Gasteiger partial charge >= 0.3 is 0 Å². The van der Waals surface area contributed by atoms with E-state index in [2.05, 4.69) is 15.7 Å². The molecule has 25 heavy (non-hydrogen) atoms. The highest BCUT2D eigenvalue weighted by Gasteiger charge is 2.41. The van der Waals surface area contributed by atoms with Crippen LogP contribution in [-0.2, 0) is 16.8 Å². The lowest BCUT2D eigenvalue weighted by Crippen LogP contribution is -2.54. The summed E-state index contributed by atoms with van der Waals surface area (Å²) in [6.45, 7) is 1.61. The third-order valence-electron chi connectivity index (χ3n) is 4.52. The normalized spacial score (nSPS) is 16.1. The third-order valence-corrected chi connectivity index (χ3v) is 4.52. The fraction of sp³-hybridized carbons (Fsp3) is 0.412. The topological polar surface area (TPSA) is 59.0 Å². The van der Waals surface area contributed by atoms with Crippen molar-refractivity contribution in [1.82, 2.24) is 20.4 Å². The van der Waals surface area contributed by atoms with Gasteiger partial charge in [0.2, 0.25) is 5.91 Å². The monoisotopic (exact) mass is 370 g/mol. The van der Waals surface area contributed by atoms with E-state index in [1.165, 1.54) is 18.2 Å². The van der Waals surface area contributed by atoms with E-state index in [4.69, 9.17) is 0 Å². The van der Waals surface area contributed by atoms with Gasteiger partial charge in [0.15, 0.2) is 0 Å². The Balaban J connectivity index is 0.00000225. The minimum absolute atomic E-state index is 0. The summed E-state index contributed by atoms with van der Waals surface area (Å²) in [4.78, 5) is 12.8. The number of benzene rings is 1. The van der Waals surface area contributed by atoms with Gasteiger partial charge in [0.1, 0.15) is 17.2 Å². The van der Waals surface area contributed by atoms with Crippen LogP contribution in [0, 0.1) is 11.6 Å². The second kappa shape index (κ2) is 8.40. The van der Waals surface area contributed by atoms with Gasteiger partial charge in [0.05, 0.1) is 0 Å². The van der Waals surface area contributed by atoms with Crippen LogP contribution in [0.3, 0.4) is 0 Å². The zero-order valence-electron chi connectivity index (χ0n) is 13.7. The van der Waals surface area contributed by atoms with E-state index < -0.39 is 17.2 Å². The number of hydrogen-bond donors (Lipinski definition) is 2. The molecular weight excluding hydrogens is 350 g/mol. The van der Waals surface area contributed by atoms with E-state index in [1.54, 1.807) is 23.1 Å². The van der Waals surface area contributed by atoms with Gasteiger partial charge in [-0.25, -0.2) is 8.78 Å². The number of nitrogens with zero attached hydrogens (tertiary/aromatic N) is 2. The fourth-order valence-electron chi connectivity index (χ4n) is 3.16. The Morgan fingerprint density at radius 2 is 1.92 bits per heavy atom. The first-order chi connectivity index (χ1) is 11.6. The average molecular weight is 371 g/mol. The number of hydrogen-bond acceptors (Lipinski definition) is 3. The lowest BCUT2D eigenvalue weighted by molar-refractivity contribution is -0.131. The second-order valence-electron chi connectivity index (χ2n) is 5.94. The van der Waals surface area contributed by atoms with Crippen LogP contribution >= 0.6 is 12.4 Å². The quantitative estimate of drug-likeness (QED) is 0.846. The molecule has 1 aromatic carbocycles. The summed E-state index contributed by atoms with van der Waals surface area (Å²) in [5.74, 6) is -1.34. The lowest BCUT2D eigenvalue weighted by Gasteiger charge is -2.36. The van der Waals surface area contributed by atoms with E-state index in [-0.39, 0.29) is 36.8 Å². The average Bonchev–Trinajstić information content (AvgIpc) is 3.13. The van der Waals surface area contributed by atoms with Crippen molar-refractivity contribution < 1.29 is 13.6 Å². The van der Waals surface area contributed by atoms with Gasteiger partial charge < -0.3 is 10.6 Å². The number of carbonyl (C=O) groups excluding carboxylic acids is 1. The maximum Gasteiger partial charge on any atom is 0.248 e. The van der Waals surface area contributed by atoms with Crippen molar-refractivity contribution in [3.05, 3.63) is 53.9 Å². The molecular formula is C17H21ClF2N4O. The number of piperidine rings is 1. The molecule has 3 rings (SSSR count). The Morgan fingerprint density at radius 1 is 1.24 bits per heavy atom. The van der Waals surface area contributed by atoms with Gasteiger partial charge in [0.25, 0.3) is 0 Å². The minimum atomic E-state index is -0.747. The number of carbonyl (C=O) groups is 1. The van der Waals surface area contributed by atoms with Gasteiger partial charge in [-0.05, 0) is 50.6 Å². The van der Waals surface area contributed by atoms with Crippen molar-refractivity contribution in [2.75, 3.05) is 19.6 Å². The molecule has 136 valence electrons. The van der Waals surface area contributed by atoms with Crippen LogP contribution in [0.2, 0.25) is 0 Å². The Labute approximate surface area is 151 Å². The van der Waals surface area contributed by atoms with Crippen molar-refractivity contribution in [1.29, 1.82) is 0 Å². The highest BCUT2D eigenvalue weighted by molar-refractivity contribution is 5.85. The fourth-order valence-corrected chi connectivity index (χ4v) is 3.16. The highest BCUT2D eigenvalue weighted by atomic mass is 35.5. The standard InChI is InChI=1S/C17H20F2N4O.ClH/c18-14-3-1-4-15(19)13(14)5-9-21-16(24)17(6-10-20-11-7-17)23-12-2-8-22-23;/h1-4,8,12,20H,5-7,9-11H2,(H,21,24);1H. The van der Waals surface area contributed by atoms with Crippen LogP contribution in [0.25, 0.3) is 0 Å². The molecule has 5 nitrogen and oxygen atoms in total. The van der Waals surface area contributed by atoms with Crippen LogP contribution in [0.15, 0.2) is 36.7 Å². The van der Waals surface area contributed by atoms with Crippen LogP contribution in [0.5, 0.6) is 0 Å². The van der Waals surface area contributed by atoms with Crippen molar-refractivity contribution in [2.24, 2.45) is 0 Å². The molecule has 0 aliphatic carbocycles. The third kappa shape index (κ3) is 3.99. The molecule has 0 spiro atoms. The number of amides is 1. The Hall–Kier alpha value is -1.99. The predicted molar refractivity (Wildman–Crippen MR) is 92.6 cm³/mol. The molecule has 1 saturated heterocycles. The Morgan fingerprint density at radius 3 is 2.52 bits per heavy atom. The number of nitrogens with one attached hydrogen (secondary N) is 2. The first-order valence-electron chi connectivity index (χ1n) is 8.05. The molecule has 1 aliphatic rings. The van der Waals surface area contributed by atoms with Crippen LogP contribution in [-0.4, -0.2) is 35.3 Å². The zero-order chi connectivity index (χ0) is 17.0. The number of aromatic nitrogens is 2. The molecule has 0 unspecified atom stereocenters. The van der Waals surface area contributed by atoms with E-state index in [1.807, 2.05) is 0 Å². The highest BCUT2D eigenvalue weighted by Crippen LogP contribution is 2.27. The first kappa shape index (κ1) is 19.3. The molecule has 8 heteroatoms. The van der Waals surface area contributed by atoms with Crippen molar-refractivity contribution >= 4 is 18.3 Å². The van der Waals surface area contributed by atoms with Crippen molar-refractivity contribution in [3.63, 3.8) is 0 Å². The van der Waals surface area contributed by atoms with Crippen LogP contribution < -0.4 is 10.6 Å². The maximum atomic E-state index is 13.7. The Kier molecular flexibility index (Phi) is 6.50. The maximum absolute atomic E-state index is 13.7. The smallest absolute Gasteiger partial charge is 0.248 e. The van der Waals surface area contributed by atoms with E-state index in [0.29, 0.717) is 12.8 Å². The molecule has 2 N–H and O–H groups in total. The largest absolute Gasteiger partial charge is 0.354 e. The van der Waals surface area contributed by atoms with Gasteiger partial charge in [-0.2, -0.15) is 5.10 Å². The van der Waals surface area contributed by atoms with Gasteiger partial charge in [-0.1, -0.05) is 6.07 Å². The molecule has 1 amide bonds. The molecule has 0 saturated carbocycles. The molecule has 2 heterocycles. The lowest BCUT2D eigenvalue weighted by atomic mass is 9.87. The Bertz CT molecular complexity index is 682. The van der Waals surface area contributed by atoms with Crippen LogP contribution in [0.4, 0.5) is 8.78 Å². The molecule has 0 radical (unpaired) electrons. The summed E-state index contributed by atoms with van der Waals surface area (Å²) < 4.78 is 29.0. The SMILES string of the molecule is Cl.O=C(NCCc1c(F)cccc1F)C1(n2cccn2)CCNCC1. The predicted octanol–water partition coefficient (Wildman–Crippen LogP) is 2.02. The van der Waals surface area contributed by atoms with Crippen molar-refractivity contribution in [2.45, 2.75) is 24.8 Å². The first-order valence-corrected chi connectivity index (χ1v) is 8.05. The van der Waals surface area contributed by atoms with E-state index in [9.17, 15) is 13.6 Å². The molecule has 1 fully saturated rings. The molecule has 2 aromatic rings. The van der Waals surface area contributed by atoms with Gasteiger partial charge in [-0.3, -0.25) is 9.48 Å². The van der Waals surface area contributed by atoms with E-state index in [0.717, 1.165) is 13.1 Å². The number of rotatable bonds is 5. The minimum Gasteiger partial charge on any atom is -0.354 e. The molecule has 1 aliphatic heterocycles. The summed E-state index contributed by atoms with van der Waals surface area (Å²) >= 11 is 0. The summed E-state index contributed by atoms with van der Waals surface area (Å²) in [6, 6.07) is 5.55. The van der Waals surface area contributed by atoms with Crippen LogP contribution in [0.1, 0.15) is 18.4 Å².